The van der Waals surface area contributed by atoms with Gasteiger partial charge in [0.15, 0.2) is 0 Å². The second-order valence-corrected chi connectivity index (χ2v) is 2.61. The van der Waals surface area contributed by atoms with Gasteiger partial charge in [0.05, 0.1) is 12.6 Å². The number of hydrogen-bond acceptors (Lipinski definition) is 2. The summed E-state index contributed by atoms with van der Waals surface area (Å²) in [6, 6.07) is 5.95. The SMILES string of the molecule is COC[C@@H](N)c1ccc(F)cc1.Cl. The highest BCUT2D eigenvalue weighted by atomic mass is 35.5. The van der Waals surface area contributed by atoms with E-state index in [0.717, 1.165) is 5.56 Å². The van der Waals surface area contributed by atoms with Crippen molar-refractivity contribution in [3.63, 3.8) is 0 Å². The fourth-order valence-electron chi connectivity index (χ4n) is 0.986. The van der Waals surface area contributed by atoms with Crippen LogP contribution < -0.4 is 5.73 Å². The molecule has 0 aliphatic heterocycles. The molecule has 0 radical (unpaired) electrons. The number of rotatable bonds is 3. The van der Waals surface area contributed by atoms with E-state index >= 15 is 0 Å². The Balaban J connectivity index is 0.00000144. The summed E-state index contributed by atoms with van der Waals surface area (Å²) < 4.78 is 17.3. The van der Waals surface area contributed by atoms with Crippen LogP contribution >= 0.6 is 12.4 Å². The van der Waals surface area contributed by atoms with Crippen LogP contribution in [0.4, 0.5) is 4.39 Å². The fourth-order valence-corrected chi connectivity index (χ4v) is 0.986. The first kappa shape index (κ1) is 12.4. The first-order chi connectivity index (χ1) is 5.74. The third kappa shape index (κ3) is 3.72. The summed E-state index contributed by atoms with van der Waals surface area (Å²) in [5.41, 5.74) is 6.60. The quantitative estimate of drug-likeness (QED) is 0.818. The van der Waals surface area contributed by atoms with Crippen LogP contribution in [0.5, 0.6) is 0 Å². The summed E-state index contributed by atoms with van der Waals surface area (Å²) in [6.45, 7) is 0.450. The lowest BCUT2D eigenvalue weighted by Crippen LogP contribution is -2.15. The first-order valence-electron chi connectivity index (χ1n) is 3.74. The van der Waals surface area contributed by atoms with Crippen molar-refractivity contribution in [2.45, 2.75) is 6.04 Å². The van der Waals surface area contributed by atoms with E-state index in [9.17, 15) is 4.39 Å². The Hall–Kier alpha value is -0.640. The van der Waals surface area contributed by atoms with Gasteiger partial charge in [-0.1, -0.05) is 12.1 Å². The van der Waals surface area contributed by atoms with Crippen molar-refractivity contribution in [1.82, 2.24) is 0 Å². The molecular formula is C9H13ClFNO. The molecule has 0 fully saturated rings. The summed E-state index contributed by atoms with van der Waals surface area (Å²) >= 11 is 0. The van der Waals surface area contributed by atoms with Gasteiger partial charge in [-0.15, -0.1) is 12.4 Å². The van der Waals surface area contributed by atoms with Gasteiger partial charge in [0.1, 0.15) is 5.82 Å². The molecule has 4 heteroatoms. The Kier molecular flexibility index (Phi) is 5.62. The zero-order valence-corrected chi connectivity index (χ0v) is 8.18. The monoisotopic (exact) mass is 205 g/mol. The molecule has 0 aromatic heterocycles. The normalized spacial score (nSPS) is 11.9. The molecule has 74 valence electrons. The second-order valence-electron chi connectivity index (χ2n) is 2.61. The standard InChI is InChI=1S/C9H12FNO.ClH/c1-12-6-9(11)7-2-4-8(10)5-3-7;/h2-5,9H,6,11H2,1H3;1H/t9-;/m1./s1. The van der Waals surface area contributed by atoms with E-state index in [-0.39, 0.29) is 24.3 Å². The van der Waals surface area contributed by atoms with Gasteiger partial charge < -0.3 is 10.5 Å². The number of methoxy groups -OCH3 is 1. The predicted octanol–water partition coefficient (Wildman–Crippen LogP) is 1.89. The van der Waals surface area contributed by atoms with Gasteiger partial charge in [-0.25, -0.2) is 4.39 Å². The maximum Gasteiger partial charge on any atom is 0.123 e. The van der Waals surface area contributed by atoms with Crippen molar-refractivity contribution < 1.29 is 9.13 Å². The van der Waals surface area contributed by atoms with E-state index in [1.807, 2.05) is 0 Å². The fraction of sp³-hybridized carbons (Fsp3) is 0.333. The second kappa shape index (κ2) is 5.91. The average Bonchev–Trinajstić information content (AvgIpc) is 2.06. The highest BCUT2D eigenvalue weighted by Gasteiger charge is 2.04. The Morgan fingerprint density at radius 3 is 2.38 bits per heavy atom. The molecular weight excluding hydrogens is 193 g/mol. The molecule has 1 aromatic carbocycles. The van der Waals surface area contributed by atoms with Gasteiger partial charge in [0.25, 0.3) is 0 Å². The molecule has 0 saturated carbocycles. The topological polar surface area (TPSA) is 35.2 Å². The summed E-state index contributed by atoms with van der Waals surface area (Å²) in [5.74, 6) is -0.247. The molecule has 0 bridgehead atoms. The van der Waals surface area contributed by atoms with Crippen LogP contribution in [0.3, 0.4) is 0 Å². The average molecular weight is 206 g/mol. The van der Waals surface area contributed by atoms with Gasteiger partial charge in [0, 0.05) is 7.11 Å². The van der Waals surface area contributed by atoms with Gasteiger partial charge in [-0.05, 0) is 17.7 Å². The minimum absolute atomic E-state index is 0. The van der Waals surface area contributed by atoms with Crippen molar-refractivity contribution in [2.75, 3.05) is 13.7 Å². The summed E-state index contributed by atoms with van der Waals surface area (Å²) in [6.07, 6.45) is 0. The van der Waals surface area contributed by atoms with Crippen LogP contribution in [-0.4, -0.2) is 13.7 Å². The van der Waals surface area contributed by atoms with Crippen molar-refractivity contribution in [3.05, 3.63) is 35.6 Å². The first-order valence-corrected chi connectivity index (χ1v) is 3.74. The number of halogens is 2. The van der Waals surface area contributed by atoms with Gasteiger partial charge in [-0.3, -0.25) is 0 Å². The zero-order valence-electron chi connectivity index (χ0n) is 7.37. The van der Waals surface area contributed by atoms with Crippen LogP contribution in [0.1, 0.15) is 11.6 Å². The molecule has 0 unspecified atom stereocenters. The van der Waals surface area contributed by atoms with Crippen LogP contribution in [0.15, 0.2) is 24.3 Å². The zero-order chi connectivity index (χ0) is 8.97. The number of benzene rings is 1. The third-order valence-electron chi connectivity index (χ3n) is 1.64. The minimum Gasteiger partial charge on any atom is -0.383 e. The van der Waals surface area contributed by atoms with Gasteiger partial charge >= 0.3 is 0 Å². The third-order valence-corrected chi connectivity index (χ3v) is 1.64. The van der Waals surface area contributed by atoms with Crippen LogP contribution in [0.2, 0.25) is 0 Å². The molecule has 0 spiro atoms. The molecule has 0 amide bonds. The smallest absolute Gasteiger partial charge is 0.123 e. The number of ether oxygens (including phenoxy) is 1. The predicted molar refractivity (Wildman–Crippen MR) is 52.5 cm³/mol. The van der Waals surface area contributed by atoms with E-state index in [1.165, 1.54) is 12.1 Å². The molecule has 0 aliphatic rings. The molecule has 13 heavy (non-hydrogen) atoms. The van der Waals surface area contributed by atoms with E-state index in [2.05, 4.69) is 0 Å². The summed E-state index contributed by atoms with van der Waals surface area (Å²) in [7, 11) is 1.59. The van der Waals surface area contributed by atoms with E-state index < -0.39 is 0 Å². The van der Waals surface area contributed by atoms with E-state index in [1.54, 1.807) is 19.2 Å². The Morgan fingerprint density at radius 2 is 1.92 bits per heavy atom. The van der Waals surface area contributed by atoms with Crippen molar-refractivity contribution >= 4 is 12.4 Å². The summed E-state index contributed by atoms with van der Waals surface area (Å²) in [5, 5.41) is 0. The summed E-state index contributed by atoms with van der Waals surface area (Å²) in [4.78, 5) is 0. The van der Waals surface area contributed by atoms with E-state index in [0.29, 0.717) is 6.61 Å². The molecule has 1 rings (SSSR count). The molecule has 0 heterocycles. The van der Waals surface area contributed by atoms with Crippen molar-refractivity contribution in [2.24, 2.45) is 5.73 Å². The Bertz CT molecular complexity index is 240. The number of hydrogen-bond donors (Lipinski definition) is 1. The lowest BCUT2D eigenvalue weighted by atomic mass is 10.1. The lowest BCUT2D eigenvalue weighted by Gasteiger charge is -2.09. The van der Waals surface area contributed by atoms with Crippen LogP contribution in [-0.2, 0) is 4.74 Å². The Labute approximate surface area is 83.3 Å². The lowest BCUT2D eigenvalue weighted by molar-refractivity contribution is 0.181. The maximum atomic E-state index is 12.5. The molecule has 2 nitrogen and oxygen atoms in total. The molecule has 1 aromatic rings. The minimum atomic E-state index is -0.247. The maximum absolute atomic E-state index is 12.5. The highest BCUT2D eigenvalue weighted by Crippen LogP contribution is 2.10. The Morgan fingerprint density at radius 1 is 1.38 bits per heavy atom. The highest BCUT2D eigenvalue weighted by molar-refractivity contribution is 5.85. The molecule has 0 aliphatic carbocycles. The van der Waals surface area contributed by atoms with E-state index in [4.69, 9.17) is 10.5 Å². The van der Waals surface area contributed by atoms with Gasteiger partial charge in [0.2, 0.25) is 0 Å². The van der Waals surface area contributed by atoms with Crippen LogP contribution in [0, 0.1) is 5.82 Å². The van der Waals surface area contributed by atoms with Crippen molar-refractivity contribution in [1.29, 1.82) is 0 Å². The molecule has 1 atom stereocenters. The van der Waals surface area contributed by atoms with Crippen LogP contribution in [0.25, 0.3) is 0 Å². The molecule has 0 saturated heterocycles. The molecule has 2 N–H and O–H groups in total. The largest absolute Gasteiger partial charge is 0.383 e. The van der Waals surface area contributed by atoms with Crippen molar-refractivity contribution in [3.8, 4) is 0 Å². The van der Waals surface area contributed by atoms with Gasteiger partial charge in [-0.2, -0.15) is 0 Å². The number of nitrogens with two attached hydrogens (primary N) is 1.